The Morgan fingerprint density at radius 2 is 1.47 bits per heavy atom. The summed E-state index contributed by atoms with van der Waals surface area (Å²) < 4.78 is 0. The SMILES string of the molecule is C/C(CCC(C)C)=C(\C)[C@H]1CC[C@@]2(C)[C@@H]3CC[C@H]4C(C)(C)[C@@H](O)CC[C@@]45C[C@@]35CC[C@]12C. The van der Waals surface area contributed by atoms with E-state index in [1.807, 2.05) is 0 Å². The van der Waals surface area contributed by atoms with Crippen LogP contribution in [-0.2, 0) is 0 Å². The van der Waals surface area contributed by atoms with E-state index in [2.05, 4.69) is 55.4 Å². The Kier molecular flexibility index (Phi) is 5.21. The van der Waals surface area contributed by atoms with Gasteiger partial charge in [0.1, 0.15) is 0 Å². The van der Waals surface area contributed by atoms with Gasteiger partial charge in [0, 0.05) is 0 Å². The van der Waals surface area contributed by atoms with Gasteiger partial charge in [-0.3, -0.25) is 0 Å². The second-order valence-electron chi connectivity index (χ2n) is 14.9. The summed E-state index contributed by atoms with van der Waals surface area (Å²) in [5, 5.41) is 10.9. The van der Waals surface area contributed by atoms with Gasteiger partial charge in [0.2, 0.25) is 0 Å². The van der Waals surface area contributed by atoms with E-state index in [1.54, 1.807) is 11.1 Å². The Bertz CT molecular complexity index is 805. The van der Waals surface area contributed by atoms with Crippen molar-refractivity contribution in [2.24, 2.45) is 50.7 Å². The molecule has 5 aliphatic rings. The van der Waals surface area contributed by atoms with Gasteiger partial charge in [-0.1, -0.05) is 52.7 Å². The van der Waals surface area contributed by atoms with Gasteiger partial charge in [-0.2, -0.15) is 0 Å². The Morgan fingerprint density at radius 3 is 2.16 bits per heavy atom. The molecule has 1 N–H and O–H groups in total. The van der Waals surface area contributed by atoms with E-state index in [1.165, 1.54) is 64.2 Å². The fourth-order valence-corrected chi connectivity index (χ4v) is 11.0. The lowest BCUT2D eigenvalue weighted by Crippen LogP contribution is -2.57. The second-order valence-corrected chi connectivity index (χ2v) is 14.9. The normalized spacial score (nSPS) is 51.9. The first-order chi connectivity index (χ1) is 14.9. The molecule has 0 saturated heterocycles. The lowest BCUT2D eigenvalue weighted by Gasteiger charge is -2.63. The molecule has 0 aromatic rings. The molecule has 0 aliphatic heterocycles. The van der Waals surface area contributed by atoms with Gasteiger partial charge in [0.15, 0.2) is 0 Å². The van der Waals surface area contributed by atoms with Crippen LogP contribution in [0, 0.1) is 50.7 Å². The highest BCUT2D eigenvalue weighted by molar-refractivity contribution is 5.32. The second kappa shape index (κ2) is 7.11. The highest BCUT2D eigenvalue weighted by atomic mass is 16.3. The molecule has 1 heteroatoms. The van der Waals surface area contributed by atoms with Crippen LogP contribution in [0.4, 0.5) is 0 Å². The molecule has 5 rings (SSSR count). The number of hydrogen-bond acceptors (Lipinski definition) is 1. The monoisotopic (exact) mass is 440 g/mol. The average Bonchev–Trinajstić information content (AvgIpc) is 3.31. The first-order valence-electron chi connectivity index (χ1n) is 14.2. The quantitative estimate of drug-likeness (QED) is 0.434. The van der Waals surface area contributed by atoms with Crippen LogP contribution in [0.1, 0.15) is 126 Å². The number of rotatable bonds is 4. The van der Waals surface area contributed by atoms with Crippen LogP contribution in [0.2, 0.25) is 0 Å². The first-order valence-corrected chi connectivity index (χ1v) is 14.2. The molecule has 5 aliphatic carbocycles. The van der Waals surface area contributed by atoms with Crippen molar-refractivity contribution < 1.29 is 5.11 Å². The molecule has 0 amide bonds. The van der Waals surface area contributed by atoms with Crippen molar-refractivity contribution >= 4 is 0 Å². The molecule has 8 atom stereocenters. The molecule has 0 aromatic heterocycles. The molecule has 5 saturated carbocycles. The Morgan fingerprint density at radius 1 is 0.812 bits per heavy atom. The highest BCUT2D eigenvalue weighted by Gasteiger charge is 2.82. The van der Waals surface area contributed by atoms with Crippen molar-refractivity contribution in [1.29, 1.82) is 0 Å². The molecule has 0 heterocycles. The number of hydrogen-bond donors (Lipinski definition) is 1. The summed E-state index contributed by atoms with van der Waals surface area (Å²) in [6, 6.07) is 0. The molecule has 0 bridgehead atoms. The van der Waals surface area contributed by atoms with E-state index < -0.39 is 0 Å². The summed E-state index contributed by atoms with van der Waals surface area (Å²) in [6.45, 7) is 19.9. The van der Waals surface area contributed by atoms with Gasteiger partial charge in [0.05, 0.1) is 6.10 Å². The van der Waals surface area contributed by atoms with Crippen molar-refractivity contribution in [1.82, 2.24) is 0 Å². The van der Waals surface area contributed by atoms with Crippen molar-refractivity contribution in [3.05, 3.63) is 11.1 Å². The van der Waals surface area contributed by atoms with E-state index in [4.69, 9.17) is 0 Å². The van der Waals surface area contributed by atoms with Crippen LogP contribution in [0.3, 0.4) is 0 Å². The van der Waals surface area contributed by atoms with Gasteiger partial charge < -0.3 is 5.11 Å². The maximum Gasteiger partial charge on any atom is 0.0594 e. The predicted octanol–water partition coefficient (Wildman–Crippen LogP) is 8.56. The average molecular weight is 441 g/mol. The highest BCUT2D eigenvalue weighted by Crippen LogP contribution is 2.89. The third-order valence-electron chi connectivity index (χ3n) is 13.4. The number of allylic oxidation sites excluding steroid dienone is 2. The third kappa shape index (κ3) is 2.73. The zero-order valence-electron chi connectivity index (χ0n) is 22.6. The largest absolute Gasteiger partial charge is 0.393 e. The van der Waals surface area contributed by atoms with Crippen LogP contribution < -0.4 is 0 Å². The summed E-state index contributed by atoms with van der Waals surface area (Å²) in [4.78, 5) is 0. The van der Waals surface area contributed by atoms with Gasteiger partial charge in [-0.15, -0.1) is 0 Å². The van der Waals surface area contributed by atoms with Crippen LogP contribution in [0.5, 0.6) is 0 Å². The molecule has 2 spiro atoms. The van der Waals surface area contributed by atoms with Crippen molar-refractivity contribution in [3.8, 4) is 0 Å². The number of aliphatic hydroxyl groups excluding tert-OH is 1. The smallest absolute Gasteiger partial charge is 0.0594 e. The molecule has 0 unspecified atom stereocenters. The van der Waals surface area contributed by atoms with Gasteiger partial charge in [-0.05, 0) is 135 Å². The topological polar surface area (TPSA) is 20.2 Å². The molecule has 182 valence electrons. The minimum atomic E-state index is -0.0887. The summed E-state index contributed by atoms with van der Waals surface area (Å²) in [6.07, 6.45) is 15.0. The van der Waals surface area contributed by atoms with Crippen LogP contribution in [-0.4, -0.2) is 11.2 Å². The Balaban J connectivity index is 1.45. The minimum Gasteiger partial charge on any atom is -0.393 e. The lowest BCUT2D eigenvalue weighted by molar-refractivity contribution is -0.157. The Hall–Kier alpha value is -0.300. The van der Waals surface area contributed by atoms with Crippen molar-refractivity contribution in [2.75, 3.05) is 0 Å². The van der Waals surface area contributed by atoms with Crippen molar-refractivity contribution in [3.63, 3.8) is 0 Å². The zero-order chi connectivity index (χ0) is 23.3. The molecule has 0 aromatic carbocycles. The van der Waals surface area contributed by atoms with E-state index >= 15 is 0 Å². The van der Waals surface area contributed by atoms with E-state index in [0.29, 0.717) is 21.7 Å². The summed E-state index contributed by atoms with van der Waals surface area (Å²) in [5.74, 6) is 3.27. The Labute approximate surface area is 199 Å². The van der Waals surface area contributed by atoms with Gasteiger partial charge in [0.25, 0.3) is 0 Å². The van der Waals surface area contributed by atoms with E-state index in [9.17, 15) is 5.11 Å². The van der Waals surface area contributed by atoms with Gasteiger partial charge >= 0.3 is 0 Å². The third-order valence-corrected chi connectivity index (χ3v) is 13.4. The van der Waals surface area contributed by atoms with Crippen molar-refractivity contribution in [2.45, 2.75) is 132 Å². The molecule has 0 radical (unpaired) electrons. The predicted molar refractivity (Wildman–Crippen MR) is 135 cm³/mol. The maximum atomic E-state index is 10.9. The summed E-state index contributed by atoms with van der Waals surface area (Å²) in [5.41, 5.74) is 5.73. The number of aliphatic hydroxyl groups is 1. The molecule has 5 fully saturated rings. The number of fused-ring (bicyclic) bond motifs is 2. The van der Waals surface area contributed by atoms with Crippen LogP contribution in [0.15, 0.2) is 11.1 Å². The fraction of sp³-hybridized carbons (Fsp3) is 0.935. The van der Waals surface area contributed by atoms with E-state index in [0.717, 1.165) is 30.1 Å². The van der Waals surface area contributed by atoms with E-state index in [-0.39, 0.29) is 11.5 Å². The maximum absolute atomic E-state index is 10.9. The standard InChI is InChI=1S/C31H52O/c1-20(2)9-10-21(3)22(4)23-13-15-29(8)25-12-11-24-27(5,6)26(32)14-16-30(24)19-31(25,30)18-17-28(23,29)7/h20,23-26,32H,9-19H2,1-8H3/b22-21-/t23-,24+,25+,26+,28-,29+,30-,31+/m1/s1. The molecular weight excluding hydrogens is 388 g/mol. The minimum absolute atomic E-state index is 0.0887. The molecule has 1 nitrogen and oxygen atoms in total. The first kappa shape index (κ1) is 23.4. The van der Waals surface area contributed by atoms with Gasteiger partial charge in [-0.25, -0.2) is 0 Å². The van der Waals surface area contributed by atoms with Crippen LogP contribution in [0.25, 0.3) is 0 Å². The fourth-order valence-electron chi connectivity index (χ4n) is 11.0. The zero-order valence-corrected chi connectivity index (χ0v) is 22.6. The summed E-state index contributed by atoms with van der Waals surface area (Å²) >= 11 is 0. The molecule has 32 heavy (non-hydrogen) atoms. The lowest BCUT2D eigenvalue weighted by atomic mass is 9.42. The van der Waals surface area contributed by atoms with Crippen LogP contribution >= 0.6 is 0 Å². The molecular formula is C31H52O. The summed E-state index contributed by atoms with van der Waals surface area (Å²) in [7, 11) is 0.